The Hall–Kier alpha value is -5.48. The van der Waals surface area contributed by atoms with Gasteiger partial charge in [0.2, 0.25) is 0 Å². The molecule has 9 heteroatoms. The van der Waals surface area contributed by atoms with Crippen LogP contribution in [0.5, 0.6) is 11.5 Å². The molecule has 6 aromatic carbocycles. The molecule has 0 aliphatic carbocycles. The molecular formula is C49H44F4NO4+. The Balaban J connectivity index is 1.41. The normalized spacial score (nSPS) is 16.4. The van der Waals surface area contributed by atoms with E-state index in [2.05, 4.69) is 0 Å². The SMILES string of the molecule is OC(c1ccc(F)cc1)(c1ccc(F)cc1)c1ccc2c3c1C[N+]1(CCCCC1)Cc1c(C(O)(c4ccc(F)cc4)c4ccc(F)cc4)ccc(c1-3)OCCCCO2. The summed E-state index contributed by atoms with van der Waals surface area (Å²) in [6.45, 7) is 3.34. The van der Waals surface area contributed by atoms with E-state index >= 15 is 0 Å². The number of ether oxygens (including phenoxy) is 2. The molecule has 5 nitrogen and oxygen atoms in total. The van der Waals surface area contributed by atoms with Crippen LogP contribution in [0.25, 0.3) is 11.1 Å². The first kappa shape index (κ1) is 38.1. The lowest BCUT2D eigenvalue weighted by atomic mass is 9.74. The lowest BCUT2D eigenvalue weighted by molar-refractivity contribution is -0.957. The smallest absolute Gasteiger partial charge is 0.141 e. The van der Waals surface area contributed by atoms with Gasteiger partial charge < -0.3 is 24.2 Å². The number of benzene rings is 6. The minimum atomic E-state index is -1.87. The van der Waals surface area contributed by atoms with E-state index in [1.165, 1.54) is 48.5 Å². The van der Waals surface area contributed by atoms with Crippen LogP contribution in [-0.2, 0) is 24.3 Å². The summed E-state index contributed by atoms with van der Waals surface area (Å²) in [5.41, 5.74) is 1.94. The molecule has 0 saturated carbocycles. The fourth-order valence-electron chi connectivity index (χ4n) is 9.56. The van der Waals surface area contributed by atoms with Crippen LogP contribution in [0.3, 0.4) is 0 Å². The number of piperidine rings is 1. The second-order valence-corrected chi connectivity index (χ2v) is 15.9. The van der Waals surface area contributed by atoms with E-state index < -0.39 is 34.5 Å². The first-order valence-electron chi connectivity index (χ1n) is 20.0. The summed E-state index contributed by atoms with van der Waals surface area (Å²) in [4.78, 5) is 0. The number of hydrogen-bond donors (Lipinski definition) is 2. The second kappa shape index (κ2) is 15.0. The minimum Gasteiger partial charge on any atom is -0.493 e. The molecule has 1 spiro atoms. The Bertz CT molecular complexity index is 2190. The maximum atomic E-state index is 14.5. The van der Waals surface area contributed by atoms with Gasteiger partial charge in [0.15, 0.2) is 0 Å². The zero-order chi connectivity index (χ0) is 40.1. The van der Waals surface area contributed by atoms with E-state index in [1.807, 2.05) is 24.3 Å². The molecule has 0 atom stereocenters. The summed E-state index contributed by atoms with van der Waals surface area (Å²) < 4.78 is 72.0. The summed E-state index contributed by atoms with van der Waals surface area (Å²) in [7, 11) is 0. The van der Waals surface area contributed by atoms with E-state index in [0.29, 0.717) is 86.8 Å². The number of aliphatic hydroxyl groups is 2. The summed E-state index contributed by atoms with van der Waals surface area (Å²) in [6, 6.07) is 30.4. The van der Waals surface area contributed by atoms with Crippen molar-refractivity contribution in [3.63, 3.8) is 0 Å². The Morgan fingerprint density at radius 1 is 0.414 bits per heavy atom. The third-order valence-electron chi connectivity index (χ3n) is 12.4. The average molecular weight is 787 g/mol. The van der Waals surface area contributed by atoms with Gasteiger partial charge in [0, 0.05) is 33.4 Å². The second-order valence-electron chi connectivity index (χ2n) is 15.9. The van der Waals surface area contributed by atoms with Gasteiger partial charge in [-0.2, -0.15) is 0 Å². The highest BCUT2D eigenvalue weighted by Gasteiger charge is 2.47. The van der Waals surface area contributed by atoms with Crippen molar-refractivity contribution in [1.82, 2.24) is 0 Å². The molecule has 1 fully saturated rings. The molecule has 3 heterocycles. The molecule has 0 radical (unpaired) electrons. The Morgan fingerprint density at radius 3 is 1.07 bits per heavy atom. The molecule has 6 aromatic rings. The fraction of sp³-hybridized carbons (Fsp3) is 0.265. The summed E-state index contributed by atoms with van der Waals surface area (Å²) in [5.74, 6) is -0.685. The largest absolute Gasteiger partial charge is 0.493 e. The topological polar surface area (TPSA) is 58.9 Å². The lowest BCUT2D eigenvalue weighted by Gasteiger charge is -2.43. The molecule has 3 aliphatic heterocycles. The van der Waals surface area contributed by atoms with Crippen molar-refractivity contribution >= 4 is 0 Å². The first-order valence-corrected chi connectivity index (χ1v) is 20.0. The van der Waals surface area contributed by atoms with Crippen molar-refractivity contribution in [2.75, 3.05) is 26.3 Å². The van der Waals surface area contributed by atoms with E-state index in [1.54, 1.807) is 48.5 Å². The predicted molar refractivity (Wildman–Crippen MR) is 213 cm³/mol. The highest BCUT2D eigenvalue weighted by atomic mass is 19.1. The average Bonchev–Trinajstić information content (AvgIpc) is 3.37. The summed E-state index contributed by atoms with van der Waals surface area (Å²) in [5, 5.41) is 26.8. The molecule has 296 valence electrons. The lowest BCUT2D eigenvalue weighted by Crippen LogP contribution is -2.50. The van der Waals surface area contributed by atoms with Gasteiger partial charge in [-0.1, -0.05) is 60.7 Å². The molecule has 0 amide bonds. The predicted octanol–water partition coefficient (Wildman–Crippen LogP) is 10.0. The maximum absolute atomic E-state index is 14.5. The van der Waals surface area contributed by atoms with Crippen LogP contribution in [0, 0.1) is 23.3 Å². The van der Waals surface area contributed by atoms with Crippen LogP contribution in [0.2, 0.25) is 0 Å². The molecule has 58 heavy (non-hydrogen) atoms. The molecule has 0 unspecified atom stereocenters. The highest BCUT2D eigenvalue weighted by Crippen LogP contribution is 2.54. The molecule has 9 rings (SSSR count). The molecule has 2 N–H and O–H groups in total. The van der Waals surface area contributed by atoms with Crippen LogP contribution in [-0.4, -0.2) is 41.0 Å². The quantitative estimate of drug-likeness (QED) is 0.100. The van der Waals surface area contributed by atoms with Crippen molar-refractivity contribution in [1.29, 1.82) is 0 Å². The van der Waals surface area contributed by atoms with Crippen LogP contribution in [0.1, 0.15) is 76.6 Å². The van der Waals surface area contributed by atoms with Gasteiger partial charge in [0.05, 0.1) is 26.3 Å². The Morgan fingerprint density at radius 2 is 0.741 bits per heavy atom. The summed E-state index contributed by atoms with van der Waals surface area (Å²) >= 11 is 0. The molecule has 0 bridgehead atoms. The van der Waals surface area contributed by atoms with E-state index in [-0.39, 0.29) is 0 Å². The van der Waals surface area contributed by atoms with Gasteiger partial charge in [-0.15, -0.1) is 0 Å². The monoisotopic (exact) mass is 786 g/mol. The van der Waals surface area contributed by atoms with Crippen LogP contribution in [0.4, 0.5) is 17.6 Å². The van der Waals surface area contributed by atoms with Crippen molar-refractivity contribution in [2.24, 2.45) is 0 Å². The fourth-order valence-corrected chi connectivity index (χ4v) is 9.56. The zero-order valence-electron chi connectivity index (χ0n) is 32.0. The van der Waals surface area contributed by atoms with Gasteiger partial charge in [-0.3, -0.25) is 0 Å². The van der Waals surface area contributed by atoms with Gasteiger partial charge in [0.25, 0.3) is 0 Å². The van der Waals surface area contributed by atoms with E-state index in [0.717, 1.165) is 56.3 Å². The van der Waals surface area contributed by atoms with E-state index in [9.17, 15) is 27.8 Å². The van der Waals surface area contributed by atoms with Crippen molar-refractivity contribution in [3.8, 4) is 22.6 Å². The zero-order valence-corrected chi connectivity index (χ0v) is 32.0. The van der Waals surface area contributed by atoms with Crippen LogP contribution in [0.15, 0.2) is 121 Å². The Kier molecular flexibility index (Phi) is 9.87. The van der Waals surface area contributed by atoms with Gasteiger partial charge in [-0.05, 0) is 115 Å². The van der Waals surface area contributed by atoms with Crippen molar-refractivity contribution < 1.29 is 41.7 Å². The minimum absolute atomic E-state index is 0.402. The number of halogens is 4. The number of rotatable bonds is 6. The van der Waals surface area contributed by atoms with Gasteiger partial charge >= 0.3 is 0 Å². The van der Waals surface area contributed by atoms with Crippen molar-refractivity contribution in [2.45, 2.75) is 56.4 Å². The van der Waals surface area contributed by atoms with Gasteiger partial charge in [-0.25, -0.2) is 17.6 Å². The molecular weight excluding hydrogens is 743 g/mol. The molecule has 0 aromatic heterocycles. The van der Waals surface area contributed by atoms with Crippen LogP contribution >= 0.6 is 0 Å². The third kappa shape index (κ3) is 6.55. The maximum Gasteiger partial charge on any atom is 0.141 e. The Labute approximate surface area is 335 Å². The standard InChI is InChI=1S/C49H44F4NO4/c50-36-14-6-32(7-15-36)48(55,33-8-16-37(51)17-9-33)42-22-24-44-46-40(42)30-54(26-2-1-3-27-54)31-41-43(23-25-45(47(41)46)58-29-5-4-28-57-44)49(56,34-10-18-38(52)19-11-34)35-12-20-39(53)21-13-35/h6-25,55-56H,1-5,26-31H2/q+1. The van der Waals surface area contributed by atoms with E-state index in [4.69, 9.17) is 9.47 Å². The molecule has 1 saturated heterocycles. The third-order valence-corrected chi connectivity index (χ3v) is 12.4. The van der Waals surface area contributed by atoms with Crippen molar-refractivity contribution in [3.05, 3.63) is 189 Å². The van der Waals surface area contributed by atoms with Gasteiger partial charge in [0.1, 0.15) is 59.1 Å². The summed E-state index contributed by atoms with van der Waals surface area (Å²) in [6.07, 6.45) is 4.42. The number of quaternary nitrogens is 1. The number of nitrogens with zero attached hydrogens (tertiary/aromatic N) is 1. The molecule has 3 aliphatic rings. The van der Waals surface area contributed by atoms with Crippen LogP contribution < -0.4 is 9.47 Å². The first-order chi connectivity index (χ1) is 28.1. The highest BCUT2D eigenvalue weighted by molar-refractivity contribution is 5.85. The number of hydrogen-bond acceptors (Lipinski definition) is 4.